The van der Waals surface area contributed by atoms with Crippen molar-refractivity contribution in [3.05, 3.63) is 46.9 Å². The maximum Gasteiger partial charge on any atom is 0.312 e. The SMILES string of the molecule is C[C@H]1C[C@H](C(=O)Cc2cc(F)c(F)c(F)c2)CN1C(=O)C(=O)NC1(C2=CCN=N2)CC(F)(F)C1.S.S. The first-order valence-electron chi connectivity index (χ1n) is 10.7. The van der Waals surface area contributed by atoms with Crippen LogP contribution in [0, 0.1) is 23.4 Å². The maximum atomic E-state index is 13.6. The third-order valence-electron chi connectivity index (χ3n) is 6.42. The van der Waals surface area contributed by atoms with E-state index >= 15 is 0 Å². The molecule has 0 aromatic heterocycles. The minimum Gasteiger partial charge on any atom is -0.336 e. The summed E-state index contributed by atoms with van der Waals surface area (Å²) in [5.41, 5.74) is -1.35. The predicted octanol–water partition coefficient (Wildman–Crippen LogP) is 3.31. The Labute approximate surface area is 217 Å². The van der Waals surface area contributed by atoms with E-state index < -0.39 is 71.3 Å². The van der Waals surface area contributed by atoms with Gasteiger partial charge in [-0.2, -0.15) is 37.2 Å². The van der Waals surface area contributed by atoms with Crippen LogP contribution in [-0.2, 0) is 20.8 Å². The van der Waals surface area contributed by atoms with Crippen molar-refractivity contribution in [2.45, 2.75) is 50.1 Å². The molecule has 198 valence electrons. The summed E-state index contributed by atoms with van der Waals surface area (Å²) < 4.78 is 67.3. The van der Waals surface area contributed by atoms with Crippen LogP contribution in [0.25, 0.3) is 0 Å². The highest BCUT2D eigenvalue weighted by Crippen LogP contribution is 2.50. The first-order valence-corrected chi connectivity index (χ1v) is 10.7. The lowest BCUT2D eigenvalue weighted by molar-refractivity contribution is -0.154. The van der Waals surface area contributed by atoms with Gasteiger partial charge in [-0.15, -0.1) is 0 Å². The van der Waals surface area contributed by atoms with Gasteiger partial charge in [0.2, 0.25) is 0 Å². The fourth-order valence-electron chi connectivity index (χ4n) is 4.75. The Kier molecular flexibility index (Phi) is 8.98. The van der Waals surface area contributed by atoms with Crippen LogP contribution in [0.5, 0.6) is 0 Å². The van der Waals surface area contributed by atoms with E-state index in [1.807, 2.05) is 0 Å². The minimum atomic E-state index is -3.01. The molecule has 3 aliphatic rings. The number of halogens is 5. The van der Waals surface area contributed by atoms with Crippen LogP contribution in [0.15, 0.2) is 34.1 Å². The Hall–Kier alpha value is -2.48. The predicted molar refractivity (Wildman–Crippen MR) is 128 cm³/mol. The fourth-order valence-corrected chi connectivity index (χ4v) is 4.75. The summed E-state index contributed by atoms with van der Waals surface area (Å²) in [6, 6.07) is 0.945. The van der Waals surface area contributed by atoms with Gasteiger partial charge in [0, 0.05) is 37.8 Å². The lowest BCUT2D eigenvalue weighted by atomic mass is 9.71. The number of benzene rings is 1. The molecule has 1 aromatic rings. The fraction of sp³-hybridized carbons (Fsp3) is 0.500. The third kappa shape index (κ3) is 5.74. The van der Waals surface area contributed by atoms with Gasteiger partial charge >= 0.3 is 11.8 Å². The zero-order valence-electron chi connectivity index (χ0n) is 19.1. The van der Waals surface area contributed by atoms with E-state index in [2.05, 4.69) is 15.5 Å². The number of ketones is 1. The molecule has 2 amide bonds. The molecule has 7 nitrogen and oxygen atoms in total. The number of amides is 2. The second-order valence-corrected chi connectivity index (χ2v) is 9.01. The third-order valence-corrected chi connectivity index (χ3v) is 6.42. The molecule has 0 radical (unpaired) electrons. The molecule has 1 aromatic carbocycles. The van der Waals surface area contributed by atoms with Gasteiger partial charge in [0.25, 0.3) is 5.92 Å². The zero-order chi connectivity index (χ0) is 24.8. The summed E-state index contributed by atoms with van der Waals surface area (Å²) in [7, 11) is 0. The summed E-state index contributed by atoms with van der Waals surface area (Å²) in [5.74, 6) is -10.7. The van der Waals surface area contributed by atoms with E-state index in [4.69, 9.17) is 0 Å². The summed E-state index contributed by atoms with van der Waals surface area (Å²) in [4.78, 5) is 39.3. The quantitative estimate of drug-likeness (QED) is 0.345. The van der Waals surface area contributed by atoms with Crippen molar-refractivity contribution < 1.29 is 36.3 Å². The van der Waals surface area contributed by atoms with Crippen LogP contribution in [0.3, 0.4) is 0 Å². The monoisotopic (exact) mass is 552 g/mol. The lowest BCUT2D eigenvalue weighted by Crippen LogP contribution is -2.65. The number of azo groups is 1. The van der Waals surface area contributed by atoms with E-state index in [1.165, 1.54) is 11.0 Å². The number of rotatable bonds is 5. The normalized spacial score (nSPS) is 23.2. The second-order valence-electron chi connectivity index (χ2n) is 9.01. The van der Waals surface area contributed by atoms with Gasteiger partial charge in [0.15, 0.2) is 17.5 Å². The molecule has 2 aliphatic heterocycles. The first kappa shape index (κ1) is 29.7. The lowest BCUT2D eigenvalue weighted by Gasteiger charge is -2.47. The number of nitrogens with zero attached hydrogens (tertiary/aromatic N) is 3. The van der Waals surface area contributed by atoms with Gasteiger partial charge in [-0.3, -0.25) is 14.4 Å². The largest absolute Gasteiger partial charge is 0.336 e. The topological polar surface area (TPSA) is 91.2 Å². The van der Waals surface area contributed by atoms with Gasteiger partial charge in [-0.1, -0.05) is 0 Å². The number of carbonyl (C=O) groups is 3. The highest BCUT2D eigenvalue weighted by molar-refractivity contribution is 7.59. The van der Waals surface area contributed by atoms with Gasteiger partial charge in [-0.25, -0.2) is 22.0 Å². The van der Waals surface area contributed by atoms with Crippen LogP contribution >= 0.6 is 27.0 Å². The smallest absolute Gasteiger partial charge is 0.312 e. The molecule has 1 aliphatic carbocycles. The molecule has 0 bridgehead atoms. The van der Waals surface area contributed by atoms with Crippen molar-refractivity contribution in [3.63, 3.8) is 0 Å². The summed E-state index contributed by atoms with van der Waals surface area (Å²) in [6.45, 7) is 1.70. The Morgan fingerprint density at radius 1 is 1.11 bits per heavy atom. The molecule has 0 unspecified atom stereocenters. The van der Waals surface area contributed by atoms with Crippen molar-refractivity contribution in [1.29, 1.82) is 0 Å². The summed E-state index contributed by atoms with van der Waals surface area (Å²) in [6.07, 6.45) is -0.0748. The van der Waals surface area contributed by atoms with Crippen LogP contribution in [0.2, 0.25) is 0 Å². The minimum absolute atomic E-state index is 0. The van der Waals surface area contributed by atoms with Crippen molar-refractivity contribution in [3.8, 4) is 0 Å². The van der Waals surface area contributed by atoms with Crippen molar-refractivity contribution >= 4 is 44.6 Å². The van der Waals surface area contributed by atoms with Gasteiger partial charge in [0.05, 0.1) is 17.8 Å². The highest BCUT2D eigenvalue weighted by atomic mass is 32.1. The van der Waals surface area contributed by atoms with E-state index in [0.29, 0.717) is 0 Å². The molecular weight excluding hydrogens is 527 g/mol. The molecule has 14 heteroatoms. The average molecular weight is 553 g/mol. The number of hydrogen-bond acceptors (Lipinski definition) is 5. The Morgan fingerprint density at radius 3 is 2.25 bits per heavy atom. The number of Topliss-reactive ketones (excluding diaryl/α,β-unsaturated/α-hetero) is 1. The molecule has 2 heterocycles. The molecule has 2 atom stereocenters. The van der Waals surface area contributed by atoms with Crippen LogP contribution in [0.1, 0.15) is 31.7 Å². The number of hydrogen-bond donors (Lipinski definition) is 1. The standard InChI is InChI=1S/C22H21F5N4O3.2H2S/c1-11-4-13(16(32)7-12-5-14(23)18(25)15(24)6-12)8-31(11)20(34)19(33)29-21(9-22(26,27)10-21)17-2-3-28-30-17;;/h2,5-6,11,13H,3-4,7-10H2,1H3,(H,29,33);2*1H2/t11-,13-;;/m0../s1. The Balaban J connectivity index is 0.00000228. The van der Waals surface area contributed by atoms with Crippen LogP contribution < -0.4 is 5.32 Å². The van der Waals surface area contributed by atoms with Gasteiger partial charge in [0.1, 0.15) is 5.78 Å². The summed E-state index contributed by atoms with van der Waals surface area (Å²) >= 11 is 0. The Morgan fingerprint density at radius 2 is 1.72 bits per heavy atom. The molecule has 1 N–H and O–H groups in total. The van der Waals surface area contributed by atoms with Crippen LogP contribution in [0.4, 0.5) is 22.0 Å². The van der Waals surface area contributed by atoms with Crippen LogP contribution in [-0.4, -0.2) is 53.1 Å². The van der Waals surface area contributed by atoms with E-state index in [0.717, 1.165) is 12.1 Å². The molecule has 1 saturated heterocycles. The molecule has 0 spiro atoms. The average Bonchev–Trinajstić information content (AvgIpc) is 3.40. The Bertz CT molecular complexity index is 1100. The van der Waals surface area contributed by atoms with E-state index in [1.54, 1.807) is 6.92 Å². The number of likely N-dealkylation sites (tertiary alicyclic amines) is 1. The van der Waals surface area contributed by atoms with Crippen molar-refractivity contribution in [2.75, 3.05) is 13.1 Å². The first-order chi connectivity index (χ1) is 15.9. The van der Waals surface area contributed by atoms with Crippen molar-refractivity contribution in [2.24, 2.45) is 16.1 Å². The van der Waals surface area contributed by atoms with Crippen molar-refractivity contribution in [1.82, 2.24) is 10.2 Å². The second kappa shape index (κ2) is 10.9. The zero-order valence-corrected chi connectivity index (χ0v) is 21.1. The molecular formula is C22H25F5N4O3S2. The number of carbonyl (C=O) groups excluding carboxylic acids is 3. The highest BCUT2D eigenvalue weighted by Gasteiger charge is 2.60. The maximum absolute atomic E-state index is 13.6. The van der Waals surface area contributed by atoms with E-state index in [-0.39, 0.29) is 64.2 Å². The van der Waals surface area contributed by atoms with Gasteiger partial charge < -0.3 is 10.2 Å². The van der Waals surface area contributed by atoms with E-state index in [9.17, 15) is 36.3 Å². The number of alkyl halides is 2. The molecule has 4 rings (SSSR count). The molecule has 1 saturated carbocycles. The summed E-state index contributed by atoms with van der Waals surface area (Å²) in [5, 5.41) is 9.91. The van der Waals surface area contributed by atoms with Gasteiger partial charge in [-0.05, 0) is 37.1 Å². The number of nitrogens with one attached hydrogen (secondary N) is 1. The molecule has 2 fully saturated rings. The molecule has 36 heavy (non-hydrogen) atoms.